The van der Waals surface area contributed by atoms with Crippen LogP contribution in [-0.2, 0) is 0 Å². The van der Waals surface area contributed by atoms with Crippen LogP contribution in [0.2, 0.25) is 0 Å². The van der Waals surface area contributed by atoms with Gasteiger partial charge >= 0.3 is 0 Å². The summed E-state index contributed by atoms with van der Waals surface area (Å²) < 4.78 is 0. The van der Waals surface area contributed by atoms with Gasteiger partial charge in [-0.1, -0.05) is 206 Å². The zero-order chi connectivity index (χ0) is 40.3. The second-order valence-corrected chi connectivity index (χ2v) is 16.0. The Labute approximate surface area is 355 Å². The van der Waals surface area contributed by atoms with Crippen LogP contribution in [0.3, 0.4) is 0 Å². The second-order valence-electron chi connectivity index (χ2n) is 16.0. The van der Waals surface area contributed by atoms with Gasteiger partial charge in [0.25, 0.3) is 0 Å². The van der Waals surface area contributed by atoms with Crippen LogP contribution in [0.1, 0.15) is 0 Å². The fourth-order valence-corrected chi connectivity index (χ4v) is 9.91. The van der Waals surface area contributed by atoms with Crippen molar-refractivity contribution >= 4 is 81.7 Å². The quantitative estimate of drug-likeness (QED) is 0.152. The first-order valence-electron chi connectivity index (χ1n) is 21.1. The number of rotatable bonds is 6. The van der Waals surface area contributed by atoms with Crippen molar-refractivity contribution in [3.05, 3.63) is 237 Å². The van der Waals surface area contributed by atoms with E-state index in [-0.39, 0.29) is 0 Å². The molecule has 1 heteroatoms. The third kappa shape index (κ3) is 5.70. The highest BCUT2D eigenvalue weighted by Crippen LogP contribution is 2.51. The summed E-state index contributed by atoms with van der Waals surface area (Å²) in [6.45, 7) is 0. The van der Waals surface area contributed by atoms with Crippen LogP contribution < -0.4 is 4.90 Å². The van der Waals surface area contributed by atoms with Crippen LogP contribution in [0, 0.1) is 0 Å². The van der Waals surface area contributed by atoms with Gasteiger partial charge in [0, 0.05) is 16.5 Å². The zero-order valence-corrected chi connectivity index (χ0v) is 33.5. The molecule has 0 aliphatic carbocycles. The summed E-state index contributed by atoms with van der Waals surface area (Å²) in [7, 11) is 0. The van der Waals surface area contributed by atoms with Crippen molar-refractivity contribution in [3.8, 4) is 33.4 Å². The fraction of sp³-hybridized carbons (Fsp3) is 0. The van der Waals surface area contributed by atoms with Gasteiger partial charge in [0.05, 0.1) is 11.4 Å². The van der Waals surface area contributed by atoms with Gasteiger partial charge in [-0.3, -0.25) is 0 Å². The predicted molar refractivity (Wildman–Crippen MR) is 262 cm³/mol. The van der Waals surface area contributed by atoms with Gasteiger partial charge < -0.3 is 4.90 Å². The van der Waals surface area contributed by atoms with E-state index in [0.29, 0.717) is 0 Å². The van der Waals surface area contributed by atoms with E-state index in [4.69, 9.17) is 0 Å². The first-order valence-corrected chi connectivity index (χ1v) is 21.1. The van der Waals surface area contributed by atoms with Gasteiger partial charge in [-0.25, -0.2) is 0 Å². The molecule has 0 saturated carbocycles. The molecule has 0 bridgehead atoms. The highest BCUT2D eigenvalue weighted by Gasteiger charge is 2.24. The molecule has 0 N–H and O–H groups in total. The molecule has 284 valence electrons. The Bertz CT molecular complexity index is 3620. The van der Waals surface area contributed by atoms with Crippen LogP contribution in [0.15, 0.2) is 237 Å². The van der Waals surface area contributed by atoms with Crippen molar-refractivity contribution in [1.82, 2.24) is 0 Å². The summed E-state index contributed by atoms with van der Waals surface area (Å²) in [5, 5.41) is 14.8. The topological polar surface area (TPSA) is 3.24 Å². The Hall–Kier alpha value is -8.00. The van der Waals surface area contributed by atoms with Crippen molar-refractivity contribution in [2.75, 3.05) is 4.90 Å². The van der Waals surface area contributed by atoms with Gasteiger partial charge in [-0.05, 0) is 118 Å². The van der Waals surface area contributed by atoms with Gasteiger partial charge in [0.1, 0.15) is 0 Å². The lowest BCUT2D eigenvalue weighted by molar-refractivity contribution is 1.32. The Morgan fingerprint density at radius 1 is 0.246 bits per heavy atom. The van der Waals surface area contributed by atoms with Crippen LogP contribution in [0.5, 0.6) is 0 Å². The molecule has 0 radical (unpaired) electrons. The van der Waals surface area contributed by atoms with Crippen molar-refractivity contribution in [3.63, 3.8) is 0 Å². The number of benzene rings is 12. The fourth-order valence-electron chi connectivity index (χ4n) is 9.91. The number of nitrogens with zero attached hydrogens (tertiary/aromatic N) is 1. The van der Waals surface area contributed by atoms with E-state index in [0.717, 1.165) is 17.1 Å². The highest BCUT2D eigenvalue weighted by atomic mass is 15.1. The molecular weight excluding hydrogens is 735 g/mol. The normalized spacial score (nSPS) is 11.6. The summed E-state index contributed by atoms with van der Waals surface area (Å²) in [6, 6.07) is 87.0. The van der Waals surface area contributed by atoms with Crippen LogP contribution in [-0.4, -0.2) is 0 Å². The maximum Gasteiger partial charge on any atom is 0.0546 e. The van der Waals surface area contributed by atoms with Crippen LogP contribution in [0.4, 0.5) is 17.1 Å². The van der Waals surface area contributed by atoms with Crippen molar-refractivity contribution in [2.45, 2.75) is 0 Å². The molecule has 12 rings (SSSR count). The molecule has 0 atom stereocenters. The van der Waals surface area contributed by atoms with E-state index >= 15 is 0 Å². The monoisotopic (exact) mass is 773 g/mol. The number of hydrogen-bond acceptors (Lipinski definition) is 1. The van der Waals surface area contributed by atoms with E-state index in [1.54, 1.807) is 0 Å². The van der Waals surface area contributed by atoms with Crippen molar-refractivity contribution < 1.29 is 0 Å². The minimum Gasteiger partial charge on any atom is -0.309 e. The molecule has 0 heterocycles. The Kier molecular flexibility index (Phi) is 8.25. The van der Waals surface area contributed by atoms with E-state index in [9.17, 15) is 0 Å². The maximum absolute atomic E-state index is 2.50. The summed E-state index contributed by atoms with van der Waals surface area (Å²) in [5.41, 5.74) is 10.7. The number of anilines is 3. The lowest BCUT2D eigenvalue weighted by Gasteiger charge is -2.29. The third-order valence-corrected chi connectivity index (χ3v) is 12.6. The van der Waals surface area contributed by atoms with Gasteiger partial charge in [0.2, 0.25) is 0 Å². The molecule has 0 amide bonds. The van der Waals surface area contributed by atoms with E-state index in [1.165, 1.54) is 98.0 Å². The molecule has 0 spiro atoms. The summed E-state index contributed by atoms with van der Waals surface area (Å²) >= 11 is 0. The van der Waals surface area contributed by atoms with Gasteiger partial charge in [0.15, 0.2) is 0 Å². The number of fused-ring (bicyclic) bond motifs is 10. The number of hydrogen-bond donors (Lipinski definition) is 0. The minimum absolute atomic E-state index is 1.11. The molecule has 12 aromatic rings. The molecule has 0 aliphatic rings. The Balaban J connectivity index is 1.24. The van der Waals surface area contributed by atoms with Crippen molar-refractivity contribution in [2.24, 2.45) is 0 Å². The first kappa shape index (κ1) is 35.0. The molecule has 0 aromatic heterocycles. The largest absolute Gasteiger partial charge is 0.309 e. The Morgan fingerprint density at radius 2 is 0.754 bits per heavy atom. The van der Waals surface area contributed by atoms with Gasteiger partial charge in [-0.2, -0.15) is 0 Å². The first-order chi connectivity index (χ1) is 30.3. The highest BCUT2D eigenvalue weighted by molar-refractivity contribution is 6.33. The zero-order valence-electron chi connectivity index (χ0n) is 33.5. The van der Waals surface area contributed by atoms with Crippen molar-refractivity contribution in [1.29, 1.82) is 0 Å². The predicted octanol–water partition coefficient (Wildman–Crippen LogP) is 17.1. The minimum atomic E-state index is 1.11. The SMILES string of the molecule is c1ccc(-c2cc(-c3ccccc3)c3c4ccc(N(c5cccc6ccccc56)c5cc6ccccc6c6ccccc56)cc4c4ccccc4c3c2-c2ccccc2)cc1. The van der Waals surface area contributed by atoms with E-state index in [1.807, 2.05) is 0 Å². The summed E-state index contributed by atoms with van der Waals surface area (Å²) in [6.07, 6.45) is 0. The van der Waals surface area contributed by atoms with E-state index in [2.05, 4.69) is 241 Å². The molecule has 0 saturated heterocycles. The molecule has 61 heavy (non-hydrogen) atoms. The summed E-state index contributed by atoms with van der Waals surface area (Å²) in [4.78, 5) is 2.50. The average molecular weight is 774 g/mol. The molecule has 12 aromatic carbocycles. The van der Waals surface area contributed by atoms with Crippen LogP contribution >= 0.6 is 0 Å². The Morgan fingerprint density at radius 3 is 1.46 bits per heavy atom. The second kappa shape index (κ2) is 14.4. The van der Waals surface area contributed by atoms with E-state index < -0.39 is 0 Å². The molecule has 1 nitrogen and oxygen atoms in total. The standard InChI is InChI=1S/C60H39N/c1-4-19-41(20-5-1)53-39-54(42-21-6-2-7-22-42)59-52-36-35-45(38-55(52)49-31-15-17-33-51(49)60(59)58(53)43-24-8-3-9-25-43)61(56-34-18-27-40-23-10-13-29-47(40)56)57-37-44-26-11-12-28-46(44)48-30-14-16-32-50(48)57/h1-39H. The molecular formula is C60H39N. The third-order valence-electron chi connectivity index (χ3n) is 12.6. The smallest absolute Gasteiger partial charge is 0.0546 e. The average Bonchev–Trinajstić information content (AvgIpc) is 3.34. The molecule has 0 unspecified atom stereocenters. The lowest BCUT2D eigenvalue weighted by atomic mass is 9.81. The summed E-state index contributed by atoms with van der Waals surface area (Å²) in [5.74, 6) is 0. The maximum atomic E-state index is 2.50. The lowest BCUT2D eigenvalue weighted by Crippen LogP contribution is -2.11. The molecule has 0 fully saturated rings. The molecule has 0 aliphatic heterocycles. The van der Waals surface area contributed by atoms with Crippen LogP contribution in [0.25, 0.3) is 98.0 Å². The van der Waals surface area contributed by atoms with Gasteiger partial charge in [-0.15, -0.1) is 0 Å².